The summed E-state index contributed by atoms with van der Waals surface area (Å²) in [5.41, 5.74) is 5.51. The number of nitrogens with two attached hydrogens (primary N) is 1. The first-order valence-electron chi connectivity index (χ1n) is 3.74. The van der Waals surface area contributed by atoms with E-state index in [4.69, 9.17) is 10.5 Å². The second-order valence-corrected chi connectivity index (χ2v) is 2.96. The molecule has 0 saturated carbocycles. The summed E-state index contributed by atoms with van der Waals surface area (Å²) in [5.74, 6) is 0. The zero-order chi connectivity index (χ0) is 7.56. The van der Waals surface area contributed by atoms with Crippen molar-refractivity contribution in [2.75, 3.05) is 27.2 Å². The number of hydrogen-bond acceptors (Lipinski definition) is 3. The lowest BCUT2D eigenvalue weighted by molar-refractivity contribution is 0.0834. The highest BCUT2D eigenvalue weighted by Gasteiger charge is 2.28. The van der Waals surface area contributed by atoms with E-state index in [-0.39, 0.29) is 6.10 Å². The fourth-order valence-electron chi connectivity index (χ4n) is 1.45. The molecule has 1 aliphatic rings. The van der Waals surface area contributed by atoms with E-state index >= 15 is 0 Å². The van der Waals surface area contributed by atoms with Crippen LogP contribution in [0.25, 0.3) is 0 Å². The number of likely N-dealkylation sites (N-methyl/N-ethyl adjacent to an activating group) is 1. The lowest BCUT2D eigenvalue weighted by Crippen LogP contribution is -2.39. The molecule has 2 N–H and O–H groups in total. The molecule has 2 atom stereocenters. The van der Waals surface area contributed by atoms with Crippen molar-refractivity contribution in [3.8, 4) is 0 Å². The van der Waals surface area contributed by atoms with Gasteiger partial charge in [-0.05, 0) is 20.5 Å². The van der Waals surface area contributed by atoms with Crippen molar-refractivity contribution < 1.29 is 4.74 Å². The van der Waals surface area contributed by atoms with E-state index in [0.29, 0.717) is 12.6 Å². The quantitative estimate of drug-likeness (QED) is 0.576. The van der Waals surface area contributed by atoms with Gasteiger partial charge in [-0.25, -0.2) is 0 Å². The normalized spacial score (nSPS) is 33.6. The van der Waals surface area contributed by atoms with Crippen LogP contribution < -0.4 is 5.73 Å². The third-order valence-electron chi connectivity index (χ3n) is 2.07. The Kier molecular flexibility index (Phi) is 2.65. The second kappa shape index (κ2) is 3.32. The molecule has 1 saturated heterocycles. The molecule has 0 unspecified atom stereocenters. The van der Waals surface area contributed by atoms with Crippen LogP contribution in [0.5, 0.6) is 0 Å². The summed E-state index contributed by atoms with van der Waals surface area (Å²) >= 11 is 0. The molecule has 0 amide bonds. The Morgan fingerprint density at radius 3 is 2.70 bits per heavy atom. The number of nitrogens with zero attached hydrogens (tertiary/aromatic N) is 1. The Morgan fingerprint density at radius 2 is 2.30 bits per heavy atom. The molecule has 0 aromatic rings. The van der Waals surface area contributed by atoms with E-state index in [9.17, 15) is 0 Å². The summed E-state index contributed by atoms with van der Waals surface area (Å²) in [4.78, 5) is 2.19. The van der Waals surface area contributed by atoms with Gasteiger partial charge in [0, 0.05) is 19.2 Å². The van der Waals surface area contributed by atoms with Gasteiger partial charge in [0.2, 0.25) is 0 Å². The van der Waals surface area contributed by atoms with E-state index in [1.165, 1.54) is 0 Å². The van der Waals surface area contributed by atoms with Crippen molar-refractivity contribution >= 4 is 0 Å². The number of hydrogen-bond donors (Lipinski definition) is 1. The van der Waals surface area contributed by atoms with Crippen LogP contribution in [0.1, 0.15) is 6.42 Å². The summed E-state index contributed by atoms with van der Waals surface area (Å²) in [5, 5.41) is 0. The van der Waals surface area contributed by atoms with Gasteiger partial charge in [-0.2, -0.15) is 0 Å². The molecule has 0 aromatic carbocycles. The van der Waals surface area contributed by atoms with E-state index in [2.05, 4.69) is 19.0 Å². The molecule has 1 rings (SSSR count). The van der Waals surface area contributed by atoms with Gasteiger partial charge in [0.15, 0.2) is 0 Å². The molecule has 0 spiro atoms. The van der Waals surface area contributed by atoms with E-state index in [1.54, 1.807) is 0 Å². The molecule has 0 aromatic heterocycles. The number of ether oxygens (including phenoxy) is 1. The smallest absolute Gasteiger partial charge is 0.0852 e. The maximum Gasteiger partial charge on any atom is 0.0852 e. The van der Waals surface area contributed by atoms with Crippen molar-refractivity contribution in [3.05, 3.63) is 0 Å². The molecule has 1 fully saturated rings. The summed E-state index contributed by atoms with van der Waals surface area (Å²) in [6, 6.07) is 0.532. The second-order valence-electron chi connectivity index (χ2n) is 2.96. The standard InChI is InChI=1S/C7H16N2O/c1-9(2)6-3-4-10-7(6)5-8/h6-7H,3-5,8H2,1-2H3/t6-,7-/m1/s1. The topological polar surface area (TPSA) is 38.5 Å². The Balaban J connectivity index is 2.42. The minimum Gasteiger partial charge on any atom is -0.375 e. The van der Waals surface area contributed by atoms with E-state index in [0.717, 1.165) is 13.0 Å². The molecule has 0 bridgehead atoms. The predicted molar refractivity (Wildman–Crippen MR) is 40.9 cm³/mol. The third kappa shape index (κ3) is 1.48. The summed E-state index contributed by atoms with van der Waals surface area (Å²) in [7, 11) is 4.14. The Bertz CT molecular complexity index is 106. The zero-order valence-corrected chi connectivity index (χ0v) is 6.71. The van der Waals surface area contributed by atoms with Gasteiger partial charge < -0.3 is 15.4 Å². The van der Waals surface area contributed by atoms with Crippen molar-refractivity contribution in [1.29, 1.82) is 0 Å². The molecule has 0 aliphatic carbocycles. The monoisotopic (exact) mass is 144 g/mol. The maximum atomic E-state index is 5.51. The predicted octanol–water partition coefficient (Wildman–Crippen LogP) is -0.336. The molecule has 3 nitrogen and oxygen atoms in total. The van der Waals surface area contributed by atoms with Crippen LogP contribution in [0.3, 0.4) is 0 Å². The minimum atomic E-state index is 0.259. The van der Waals surface area contributed by atoms with Crippen molar-refractivity contribution in [1.82, 2.24) is 4.90 Å². The molecular formula is C7H16N2O. The fraction of sp³-hybridized carbons (Fsp3) is 1.00. The molecule has 3 heteroatoms. The first kappa shape index (κ1) is 7.98. The highest BCUT2D eigenvalue weighted by atomic mass is 16.5. The molecular weight excluding hydrogens is 128 g/mol. The van der Waals surface area contributed by atoms with Gasteiger partial charge in [-0.3, -0.25) is 0 Å². The Morgan fingerprint density at radius 1 is 1.60 bits per heavy atom. The van der Waals surface area contributed by atoms with Gasteiger partial charge in [0.1, 0.15) is 0 Å². The molecule has 1 heterocycles. The van der Waals surface area contributed by atoms with E-state index in [1.807, 2.05) is 0 Å². The SMILES string of the molecule is CN(C)[C@@H]1CCO[C@@H]1CN. The Labute approximate surface area is 62.1 Å². The van der Waals surface area contributed by atoms with Gasteiger partial charge >= 0.3 is 0 Å². The molecule has 10 heavy (non-hydrogen) atoms. The van der Waals surface area contributed by atoms with Crippen LogP contribution >= 0.6 is 0 Å². The van der Waals surface area contributed by atoms with E-state index < -0.39 is 0 Å². The minimum absolute atomic E-state index is 0.259. The largest absolute Gasteiger partial charge is 0.375 e. The summed E-state index contributed by atoms with van der Waals surface area (Å²) < 4.78 is 5.41. The highest BCUT2D eigenvalue weighted by molar-refractivity contribution is 4.82. The first-order chi connectivity index (χ1) is 4.75. The third-order valence-corrected chi connectivity index (χ3v) is 2.07. The maximum absolute atomic E-state index is 5.51. The van der Waals surface area contributed by atoms with Crippen LogP contribution in [0, 0.1) is 0 Å². The first-order valence-corrected chi connectivity index (χ1v) is 3.74. The van der Waals surface area contributed by atoms with Gasteiger partial charge in [-0.1, -0.05) is 0 Å². The zero-order valence-electron chi connectivity index (χ0n) is 6.71. The van der Waals surface area contributed by atoms with Gasteiger partial charge in [0.05, 0.1) is 6.10 Å². The van der Waals surface area contributed by atoms with Crippen molar-refractivity contribution in [2.45, 2.75) is 18.6 Å². The van der Waals surface area contributed by atoms with Gasteiger partial charge in [0.25, 0.3) is 0 Å². The van der Waals surface area contributed by atoms with Crippen molar-refractivity contribution in [3.63, 3.8) is 0 Å². The number of rotatable bonds is 2. The lowest BCUT2D eigenvalue weighted by atomic mass is 10.1. The highest BCUT2D eigenvalue weighted by Crippen LogP contribution is 2.15. The van der Waals surface area contributed by atoms with Crippen LogP contribution in [0.15, 0.2) is 0 Å². The average molecular weight is 144 g/mol. The summed E-state index contributed by atoms with van der Waals surface area (Å²) in [6.07, 6.45) is 1.38. The van der Waals surface area contributed by atoms with Crippen LogP contribution in [-0.2, 0) is 4.74 Å². The molecule has 1 aliphatic heterocycles. The van der Waals surface area contributed by atoms with Crippen LogP contribution in [0.4, 0.5) is 0 Å². The van der Waals surface area contributed by atoms with Gasteiger partial charge in [-0.15, -0.1) is 0 Å². The molecule has 0 radical (unpaired) electrons. The molecule has 60 valence electrons. The van der Waals surface area contributed by atoms with Crippen LogP contribution in [-0.4, -0.2) is 44.3 Å². The van der Waals surface area contributed by atoms with Crippen LogP contribution in [0.2, 0.25) is 0 Å². The fourth-order valence-corrected chi connectivity index (χ4v) is 1.45. The lowest BCUT2D eigenvalue weighted by Gasteiger charge is -2.23. The summed E-state index contributed by atoms with van der Waals surface area (Å²) in [6.45, 7) is 1.51. The average Bonchev–Trinajstić information content (AvgIpc) is 2.33. The van der Waals surface area contributed by atoms with Crippen molar-refractivity contribution in [2.24, 2.45) is 5.73 Å². The Hall–Kier alpha value is -0.120.